The normalized spacial score (nSPS) is 13.5. The van der Waals surface area contributed by atoms with Crippen molar-refractivity contribution in [3.8, 4) is 0 Å². The smallest absolute Gasteiger partial charge is 0.333 e. The Hall–Kier alpha value is -1.55. The van der Waals surface area contributed by atoms with Crippen LogP contribution in [0.15, 0.2) is 34.5 Å². The highest BCUT2D eigenvalue weighted by Gasteiger charge is 2.08. The van der Waals surface area contributed by atoms with E-state index in [0.29, 0.717) is 18.5 Å². The summed E-state index contributed by atoms with van der Waals surface area (Å²) in [7, 11) is 1.39. The van der Waals surface area contributed by atoms with Gasteiger partial charge in [0, 0.05) is 12.1 Å². The molecule has 94 valence electrons. The lowest BCUT2D eigenvalue weighted by atomic mass is 10.2. The van der Waals surface area contributed by atoms with Gasteiger partial charge in [0.25, 0.3) is 0 Å². The first-order chi connectivity index (χ1) is 8.19. The first-order valence-electron chi connectivity index (χ1n) is 5.73. The first-order valence-corrected chi connectivity index (χ1v) is 5.73. The lowest BCUT2D eigenvalue weighted by molar-refractivity contribution is -0.136. The maximum Gasteiger partial charge on any atom is 0.333 e. The van der Waals surface area contributed by atoms with Crippen LogP contribution in [0, 0.1) is 0 Å². The fourth-order valence-electron chi connectivity index (χ4n) is 1.50. The quantitative estimate of drug-likeness (QED) is 0.610. The zero-order valence-electron chi connectivity index (χ0n) is 10.5. The number of methoxy groups -OCH3 is 1. The molecule has 17 heavy (non-hydrogen) atoms. The van der Waals surface area contributed by atoms with Crippen molar-refractivity contribution < 1.29 is 13.9 Å². The second-order valence-corrected chi connectivity index (χ2v) is 3.72. The number of hydrogen-bond acceptors (Lipinski definition) is 4. The number of carbonyl (C=O) groups excluding carboxylic acids is 1. The summed E-state index contributed by atoms with van der Waals surface area (Å²) in [5, 5.41) is 3.25. The highest BCUT2D eigenvalue weighted by Crippen LogP contribution is 2.12. The number of rotatable bonds is 6. The summed E-state index contributed by atoms with van der Waals surface area (Å²) in [5.74, 6) is 0.620. The molecule has 0 saturated carbocycles. The molecular formula is C13H19NO3. The van der Waals surface area contributed by atoms with Crippen LogP contribution >= 0.6 is 0 Å². The molecule has 1 atom stereocenters. The van der Waals surface area contributed by atoms with Crippen LogP contribution in [0.4, 0.5) is 0 Å². The van der Waals surface area contributed by atoms with Crippen LogP contribution in [-0.2, 0) is 9.53 Å². The number of carbonyl (C=O) groups is 1. The van der Waals surface area contributed by atoms with Gasteiger partial charge in [-0.3, -0.25) is 0 Å². The summed E-state index contributed by atoms with van der Waals surface area (Å²) in [6.45, 7) is 4.55. The van der Waals surface area contributed by atoms with E-state index in [4.69, 9.17) is 4.42 Å². The van der Waals surface area contributed by atoms with E-state index in [-0.39, 0.29) is 12.0 Å². The van der Waals surface area contributed by atoms with Crippen LogP contribution in [0.5, 0.6) is 0 Å². The minimum Gasteiger partial charge on any atom is -0.468 e. The third-order valence-electron chi connectivity index (χ3n) is 2.57. The van der Waals surface area contributed by atoms with Crippen molar-refractivity contribution in [1.29, 1.82) is 0 Å². The van der Waals surface area contributed by atoms with Gasteiger partial charge in [-0.15, -0.1) is 0 Å². The van der Waals surface area contributed by atoms with Crippen molar-refractivity contribution >= 4 is 5.97 Å². The van der Waals surface area contributed by atoms with E-state index in [1.807, 2.05) is 32.1 Å². The van der Waals surface area contributed by atoms with Gasteiger partial charge in [-0.1, -0.05) is 13.0 Å². The van der Waals surface area contributed by atoms with Gasteiger partial charge in [0.2, 0.25) is 0 Å². The Morgan fingerprint density at radius 2 is 2.41 bits per heavy atom. The maximum atomic E-state index is 11.3. The monoisotopic (exact) mass is 237 g/mol. The molecule has 0 aliphatic rings. The summed E-state index contributed by atoms with van der Waals surface area (Å²) in [6, 6.07) is 3.90. The summed E-state index contributed by atoms with van der Waals surface area (Å²) in [5.41, 5.74) is 0.687. The molecule has 0 aliphatic carbocycles. The number of hydrogen-bond donors (Lipinski definition) is 1. The molecule has 0 unspecified atom stereocenters. The van der Waals surface area contributed by atoms with Crippen molar-refractivity contribution in [3.05, 3.63) is 35.8 Å². The van der Waals surface area contributed by atoms with Gasteiger partial charge >= 0.3 is 5.97 Å². The summed E-state index contributed by atoms with van der Waals surface area (Å²) in [4.78, 5) is 11.3. The van der Waals surface area contributed by atoms with Crippen LogP contribution in [0.2, 0.25) is 0 Å². The predicted molar refractivity (Wildman–Crippen MR) is 65.5 cm³/mol. The van der Waals surface area contributed by atoms with E-state index in [0.717, 1.165) is 5.76 Å². The fraction of sp³-hybridized carbons (Fsp3) is 0.462. The zero-order valence-corrected chi connectivity index (χ0v) is 10.5. The molecule has 0 aromatic carbocycles. The maximum absolute atomic E-state index is 11.3. The summed E-state index contributed by atoms with van der Waals surface area (Å²) >= 11 is 0. The highest BCUT2D eigenvalue weighted by molar-refractivity contribution is 5.88. The molecule has 1 N–H and O–H groups in total. The van der Waals surface area contributed by atoms with Crippen LogP contribution in [0.25, 0.3) is 0 Å². The Kier molecular flexibility index (Phi) is 5.49. The predicted octanol–water partition coefficient (Wildman–Crippen LogP) is 2.44. The Balaban J connectivity index is 2.45. The number of furan rings is 1. The SMILES string of the molecule is CC/C(=C/CN[C@@H](C)c1ccco1)C(=O)OC. The van der Waals surface area contributed by atoms with Gasteiger partial charge in [-0.2, -0.15) is 0 Å². The molecule has 0 saturated heterocycles. The third-order valence-corrected chi connectivity index (χ3v) is 2.57. The van der Waals surface area contributed by atoms with Gasteiger partial charge in [0.1, 0.15) is 5.76 Å². The Labute approximate surface area is 102 Å². The average Bonchev–Trinajstić information content (AvgIpc) is 2.87. The molecule has 0 spiro atoms. The molecule has 0 bridgehead atoms. The second-order valence-electron chi connectivity index (χ2n) is 3.72. The third kappa shape index (κ3) is 4.07. The highest BCUT2D eigenvalue weighted by atomic mass is 16.5. The summed E-state index contributed by atoms with van der Waals surface area (Å²) < 4.78 is 9.95. The van der Waals surface area contributed by atoms with Crippen LogP contribution in [-0.4, -0.2) is 19.6 Å². The van der Waals surface area contributed by atoms with E-state index < -0.39 is 0 Å². The zero-order chi connectivity index (χ0) is 12.7. The van der Waals surface area contributed by atoms with Crippen molar-refractivity contribution in [3.63, 3.8) is 0 Å². The molecule has 0 fully saturated rings. The number of nitrogens with one attached hydrogen (secondary N) is 1. The van der Waals surface area contributed by atoms with E-state index in [1.54, 1.807) is 6.26 Å². The molecule has 1 heterocycles. The molecular weight excluding hydrogens is 218 g/mol. The van der Waals surface area contributed by atoms with E-state index in [1.165, 1.54) is 7.11 Å². The van der Waals surface area contributed by atoms with E-state index in [9.17, 15) is 4.79 Å². The molecule has 1 rings (SSSR count). The van der Waals surface area contributed by atoms with Gasteiger partial charge in [-0.25, -0.2) is 4.79 Å². The van der Waals surface area contributed by atoms with Crippen molar-refractivity contribution in [1.82, 2.24) is 5.32 Å². The molecule has 0 radical (unpaired) electrons. The van der Waals surface area contributed by atoms with Gasteiger partial charge in [0.15, 0.2) is 0 Å². The van der Waals surface area contributed by atoms with Crippen molar-refractivity contribution in [2.24, 2.45) is 0 Å². The average molecular weight is 237 g/mol. The molecule has 1 aromatic rings. The van der Waals surface area contributed by atoms with E-state index >= 15 is 0 Å². The molecule has 0 amide bonds. The summed E-state index contributed by atoms with van der Waals surface area (Å²) in [6.07, 6.45) is 4.17. The molecule has 0 aliphatic heterocycles. The molecule has 4 nitrogen and oxygen atoms in total. The Morgan fingerprint density at radius 3 is 2.94 bits per heavy atom. The largest absolute Gasteiger partial charge is 0.468 e. The second kappa shape index (κ2) is 6.91. The van der Waals surface area contributed by atoms with Crippen LogP contribution in [0.3, 0.4) is 0 Å². The fourth-order valence-corrected chi connectivity index (χ4v) is 1.50. The first kappa shape index (κ1) is 13.5. The lowest BCUT2D eigenvalue weighted by Gasteiger charge is -2.09. The lowest BCUT2D eigenvalue weighted by Crippen LogP contribution is -2.19. The number of esters is 1. The van der Waals surface area contributed by atoms with Crippen LogP contribution < -0.4 is 5.32 Å². The van der Waals surface area contributed by atoms with Gasteiger partial charge in [0.05, 0.1) is 19.4 Å². The van der Waals surface area contributed by atoms with Gasteiger partial charge < -0.3 is 14.5 Å². The topological polar surface area (TPSA) is 51.5 Å². The standard InChI is InChI=1S/C13H19NO3/c1-4-11(13(15)16-3)7-8-14-10(2)12-6-5-9-17-12/h5-7,9-10,14H,4,8H2,1-3H3/b11-7-/t10-/m0/s1. The van der Waals surface area contributed by atoms with Gasteiger partial charge in [-0.05, 0) is 25.5 Å². The van der Waals surface area contributed by atoms with Crippen molar-refractivity contribution in [2.75, 3.05) is 13.7 Å². The van der Waals surface area contributed by atoms with E-state index in [2.05, 4.69) is 10.1 Å². The minimum atomic E-state index is -0.264. The minimum absolute atomic E-state index is 0.122. The molecule has 1 aromatic heterocycles. The number of ether oxygens (including phenoxy) is 1. The Bertz CT molecular complexity index is 368. The molecule has 4 heteroatoms. The Morgan fingerprint density at radius 1 is 1.65 bits per heavy atom. The van der Waals surface area contributed by atoms with Crippen LogP contribution in [0.1, 0.15) is 32.1 Å². The van der Waals surface area contributed by atoms with Crippen molar-refractivity contribution in [2.45, 2.75) is 26.3 Å².